The van der Waals surface area contributed by atoms with Crippen molar-refractivity contribution in [1.29, 1.82) is 0 Å². The van der Waals surface area contributed by atoms with Gasteiger partial charge in [-0.15, -0.1) is 0 Å². The highest BCUT2D eigenvalue weighted by Gasteiger charge is 2.34. The third-order valence-electron chi connectivity index (χ3n) is 3.07. The molecule has 0 aliphatic carbocycles. The SMILES string of the molecule is CC(C)C(=O)N[C@H](Nc1cccc2cccnc12)C(Cl)(Cl)Cl. The van der Waals surface area contributed by atoms with Crippen molar-refractivity contribution in [2.75, 3.05) is 5.32 Å². The molecule has 0 bridgehead atoms. The Labute approximate surface area is 144 Å². The van der Waals surface area contributed by atoms with Gasteiger partial charge < -0.3 is 10.6 Å². The zero-order valence-electron chi connectivity index (χ0n) is 12.1. The molecule has 2 aromatic rings. The maximum Gasteiger partial charge on any atom is 0.228 e. The number of fused-ring (bicyclic) bond motifs is 1. The lowest BCUT2D eigenvalue weighted by Crippen LogP contribution is -2.50. The minimum Gasteiger partial charge on any atom is -0.360 e. The van der Waals surface area contributed by atoms with E-state index in [1.165, 1.54) is 0 Å². The summed E-state index contributed by atoms with van der Waals surface area (Å²) in [6.07, 6.45) is 0.810. The van der Waals surface area contributed by atoms with E-state index < -0.39 is 9.96 Å². The Balaban J connectivity index is 2.31. The molecular weight excluding hydrogens is 345 g/mol. The van der Waals surface area contributed by atoms with Gasteiger partial charge in [-0.3, -0.25) is 9.78 Å². The van der Waals surface area contributed by atoms with E-state index in [9.17, 15) is 4.79 Å². The van der Waals surface area contributed by atoms with Gasteiger partial charge in [0.05, 0.1) is 11.2 Å². The fourth-order valence-corrected chi connectivity index (χ4v) is 2.21. The fourth-order valence-electron chi connectivity index (χ4n) is 1.88. The number of amides is 1. The van der Waals surface area contributed by atoms with E-state index in [1.807, 2.05) is 30.3 Å². The number of nitrogens with one attached hydrogen (secondary N) is 2. The molecule has 1 amide bonds. The van der Waals surface area contributed by atoms with Crippen molar-refractivity contribution < 1.29 is 4.79 Å². The van der Waals surface area contributed by atoms with Crippen molar-refractivity contribution in [3.63, 3.8) is 0 Å². The Hall–Kier alpha value is -1.23. The summed E-state index contributed by atoms with van der Waals surface area (Å²) in [4.78, 5) is 16.2. The van der Waals surface area contributed by atoms with Crippen LogP contribution < -0.4 is 10.6 Å². The van der Waals surface area contributed by atoms with Gasteiger partial charge in [-0.2, -0.15) is 0 Å². The van der Waals surface area contributed by atoms with Crippen LogP contribution in [0.4, 0.5) is 5.69 Å². The van der Waals surface area contributed by atoms with Crippen LogP contribution in [-0.2, 0) is 4.79 Å². The molecule has 7 heteroatoms. The molecular formula is C15H16Cl3N3O. The van der Waals surface area contributed by atoms with E-state index in [2.05, 4.69) is 15.6 Å². The average Bonchev–Trinajstić information content (AvgIpc) is 2.45. The largest absolute Gasteiger partial charge is 0.360 e. The van der Waals surface area contributed by atoms with E-state index in [0.29, 0.717) is 5.69 Å². The molecule has 0 aliphatic rings. The van der Waals surface area contributed by atoms with Gasteiger partial charge in [0, 0.05) is 17.5 Å². The molecule has 1 heterocycles. The van der Waals surface area contributed by atoms with Crippen molar-refractivity contribution in [2.45, 2.75) is 23.8 Å². The monoisotopic (exact) mass is 359 g/mol. The van der Waals surface area contributed by atoms with Gasteiger partial charge in [-0.1, -0.05) is 66.8 Å². The Morgan fingerprint density at radius 2 is 1.86 bits per heavy atom. The summed E-state index contributed by atoms with van der Waals surface area (Å²) in [5.74, 6) is -0.431. The molecule has 0 saturated carbocycles. The quantitative estimate of drug-likeness (QED) is 0.637. The second kappa shape index (κ2) is 6.90. The lowest BCUT2D eigenvalue weighted by atomic mass is 10.2. The van der Waals surface area contributed by atoms with Gasteiger partial charge in [0.15, 0.2) is 0 Å². The summed E-state index contributed by atoms with van der Waals surface area (Å²) < 4.78 is -1.71. The molecule has 0 fully saturated rings. The lowest BCUT2D eigenvalue weighted by molar-refractivity contribution is -0.124. The molecule has 2 rings (SSSR count). The summed E-state index contributed by atoms with van der Waals surface area (Å²) in [7, 11) is 0. The van der Waals surface area contributed by atoms with E-state index in [0.717, 1.165) is 10.9 Å². The number of carbonyl (C=O) groups excluding carboxylic acids is 1. The van der Waals surface area contributed by atoms with Crippen molar-refractivity contribution in [1.82, 2.24) is 10.3 Å². The molecule has 1 aromatic heterocycles. The Bertz CT molecular complexity index is 665. The molecule has 22 heavy (non-hydrogen) atoms. The highest BCUT2D eigenvalue weighted by atomic mass is 35.6. The number of pyridine rings is 1. The first kappa shape index (κ1) is 17.1. The van der Waals surface area contributed by atoms with Crippen LogP contribution in [-0.4, -0.2) is 20.8 Å². The predicted octanol–water partition coefficient (Wildman–Crippen LogP) is 4.12. The highest BCUT2D eigenvalue weighted by molar-refractivity contribution is 6.68. The normalized spacial score (nSPS) is 13.2. The number of hydrogen-bond acceptors (Lipinski definition) is 3. The van der Waals surface area contributed by atoms with E-state index >= 15 is 0 Å². The van der Waals surface area contributed by atoms with Crippen molar-refractivity contribution in [3.8, 4) is 0 Å². The summed E-state index contributed by atoms with van der Waals surface area (Å²) in [5, 5.41) is 6.70. The third-order valence-corrected chi connectivity index (χ3v) is 3.73. The maximum atomic E-state index is 11.9. The molecule has 1 aromatic carbocycles. The topological polar surface area (TPSA) is 54.0 Å². The number of nitrogens with zero attached hydrogens (tertiary/aromatic N) is 1. The van der Waals surface area contributed by atoms with Crippen LogP contribution in [0.2, 0.25) is 0 Å². The average molecular weight is 361 g/mol. The minimum absolute atomic E-state index is 0.211. The number of anilines is 1. The summed E-state index contributed by atoms with van der Waals surface area (Å²) in [6.45, 7) is 3.54. The number of rotatable bonds is 4. The molecule has 2 N–H and O–H groups in total. The van der Waals surface area contributed by atoms with E-state index in [-0.39, 0.29) is 11.8 Å². The summed E-state index contributed by atoms with van der Waals surface area (Å²) >= 11 is 17.9. The Morgan fingerprint density at radius 1 is 1.18 bits per heavy atom. The molecule has 0 spiro atoms. The van der Waals surface area contributed by atoms with Crippen LogP contribution in [0.25, 0.3) is 10.9 Å². The van der Waals surface area contributed by atoms with Crippen molar-refractivity contribution in [3.05, 3.63) is 36.5 Å². The van der Waals surface area contributed by atoms with Crippen LogP contribution in [0.15, 0.2) is 36.5 Å². The van der Waals surface area contributed by atoms with Crippen LogP contribution in [0.3, 0.4) is 0 Å². The van der Waals surface area contributed by atoms with Gasteiger partial charge in [-0.05, 0) is 12.1 Å². The first-order valence-corrected chi connectivity index (χ1v) is 7.90. The first-order chi connectivity index (χ1) is 10.3. The Morgan fingerprint density at radius 3 is 2.50 bits per heavy atom. The van der Waals surface area contributed by atoms with Gasteiger partial charge in [0.2, 0.25) is 9.70 Å². The molecule has 4 nitrogen and oxygen atoms in total. The highest BCUT2D eigenvalue weighted by Crippen LogP contribution is 2.32. The van der Waals surface area contributed by atoms with Crippen LogP contribution in [0.1, 0.15) is 13.8 Å². The zero-order chi connectivity index (χ0) is 16.3. The lowest BCUT2D eigenvalue weighted by Gasteiger charge is -2.28. The van der Waals surface area contributed by atoms with Crippen molar-refractivity contribution in [2.24, 2.45) is 5.92 Å². The third kappa shape index (κ3) is 4.15. The zero-order valence-corrected chi connectivity index (χ0v) is 14.4. The molecule has 0 unspecified atom stereocenters. The van der Waals surface area contributed by atoms with Gasteiger partial charge in [0.25, 0.3) is 0 Å². The standard InChI is InChI=1S/C15H16Cl3N3O/c1-9(2)13(22)21-14(15(16,17)18)20-11-7-3-5-10-6-4-8-19-12(10)11/h3-9,14,20H,1-2H3,(H,21,22)/t14-/m0/s1. The second-order valence-corrected chi connectivity index (χ2v) is 7.53. The number of aromatic nitrogens is 1. The smallest absolute Gasteiger partial charge is 0.228 e. The summed E-state index contributed by atoms with van der Waals surface area (Å²) in [5.41, 5.74) is 1.42. The maximum absolute atomic E-state index is 11.9. The number of carbonyl (C=O) groups is 1. The van der Waals surface area contributed by atoms with Gasteiger partial charge in [-0.25, -0.2) is 0 Å². The molecule has 0 aliphatic heterocycles. The molecule has 0 saturated heterocycles. The van der Waals surface area contributed by atoms with Crippen LogP contribution in [0, 0.1) is 5.92 Å². The minimum atomic E-state index is -1.71. The number of halogens is 3. The molecule has 0 radical (unpaired) electrons. The second-order valence-electron chi connectivity index (χ2n) is 5.16. The fraction of sp³-hybridized carbons (Fsp3) is 0.333. The predicted molar refractivity (Wildman–Crippen MR) is 92.4 cm³/mol. The van der Waals surface area contributed by atoms with E-state index in [1.54, 1.807) is 20.0 Å². The van der Waals surface area contributed by atoms with Crippen LogP contribution in [0.5, 0.6) is 0 Å². The summed E-state index contributed by atoms with van der Waals surface area (Å²) in [6, 6.07) is 9.40. The number of alkyl halides is 3. The Kier molecular flexibility index (Phi) is 5.37. The molecule has 1 atom stereocenters. The van der Waals surface area contributed by atoms with Crippen LogP contribution >= 0.6 is 34.8 Å². The van der Waals surface area contributed by atoms with Gasteiger partial charge in [0.1, 0.15) is 6.17 Å². The van der Waals surface area contributed by atoms with Crippen molar-refractivity contribution >= 4 is 57.3 Å². The number of benzene rings is 1. The van der Waals surface area contributed by atoms with Gasteiger partial charge >= 0.3 is 0 Å². The number of para-hydroxylation sites is 1. The molecule has 118 valence electrons. The van der Waals surface area contributed by atoms with E-state index in [4.69, 9.17) is 34.8 Å². The first-order valence-electron chi connectivity index (χ1n) is 6.76. The number of hydrogen-bond donors (Lipinski definition) is 2.